The van der Waals surface area contributed by atoms with Crippen molar-refractivity contribution in [1.82, 2.24) is 0 Å². The van der Waals surface area contributed by atoms with Crippen LogP contribution in [0.3, 0.4) is 0 Å². The van der Waals surface area contributed by atoms with Crippen LogP contribution in [0.1, 0.15) is 6.92 Å². The number of ether oxygens (including phenoxy) is 7. The van der Waals surface area contributed by atoms with Crippen molar-refractivity contribution in [3.63, 3.8) is 0 Å². The topological polar surface area (TPSA) is 324 Å². The number of carbonyl (C=O) groups is 1. The minimum Gasteiger partial charge on any atom is -0.479 e. The van der Waals surface area contributed by atoms with E-state index in [2.05, 4.69) is 0 Å². The first-order chi connectivity index (χ1) is 20.2. The van der Waals surface area contributed by atoms with E-state index in [0.29, 0.717) is 0 Å². The van der Waals surface area contributed by atoms with Crippen LogP contribution in [-0.2, 0) is 38.0 Å². The van der Waals surface area contributed by atoms with E-state index in [4.69, 9.17) is 33.2 Å². The zero-order chi connectivity index (χ0) is 31.9. The van der Waals surface area contributed by atoms with Gasteiger partial charge in [0.25, 0.3) is 0 Å². The monoisotopic (exact) mass is 634 g/mol. The highest BCUT2D eigenvalue weighted by Crippen LogP contribution is 2.34. The summed E-state index contributed by atoms with van der Waals surface area (Å²) in [6, 6.07) is 0. The van der Waals surface area contributed by atoms with Gasteiger partial charge in [0.2, 0.25) is 0 Å². The highest BCUT2D eigenvalue weighted by Gasteiger charge is 2.55. The molecule has 0 aliphatic carbocycles. The highest BCUT2D eigenvalue weighted by molar-refractivity contribution is 5.73. The molecule has 20 nitrogen and oxygen atoms in total. The molecule has 4 heterocycles. The molecule has 19 atom stereocenters. The molecule has 4 aliphatic heterocycles. The Labute approximate surface area is 242 Å². The van der Waals surface area contributed by atoms with Crippen molar-refractivity contribution in [3.8, 4) is 0 Å². The molecule has 4 fully saturated rings. The van der Waals surface area contributed by atoms with E-state index in [0.717, 1.165) is 0 Å². The van der Waals surface area contributed by atoms with Crippen molar-refractivity contribution >= 4 is 5.97 Å². The van der Waals surface area contributed by atoms with Gasteiger partial charge in [0.15, 0.2) is 31.3 Å². The normalized spacial score (nSPS) is 52.7. The largest absolute Gasteiger partial charge is 0.479 e. The summed E-state index contributed by atoms with van der Waals surface area (Å²) in [7, 11) is 0. The maximum atomic E-state index is 11.6. The first kappa shape index (κ1) is 34.6. The third-order valence-electron chi connectivity index (χ3n) is 7.78. The lowest BCUT2D eigenvalue weighted by molar-refractivity contribution is -0.382. The summed E-state index contributed by atoms with van der Waals surface area (Å²) in [5.41, 5.74) is 0. The number of aliphatic carboxylic acids is 1. The second-order valence-corrected chi connectivity index (χ2v) is 10.7. The van der Waals surface area contributed by atoms with Crippen molar-refractivity contribution in [1.29, 1.82) is 0 Å². The number of rotatable bonds is 9. The molecule has 0 amide bonds. The molecular weight excluding hydrogens is 596 g/mol. The molecule has 43 heavy (non-hydrogen) atoms. The number of carboxylic acids is 1. The molecular formula is C23H38O20. The number of aliphatic hydroxyl groups excluding tert-OH is 11. The highest BCUT2D eigenvalue weighted by atomic mass is 16.8. The summed E-state index contributed by atoms with van der Waals surface area (Å²) in [6.45, 7) is -0.261. The molecule has 4 saturated heterocycles. The fourth-order valence-corrected chi connectivity index (χ4v) is 5.23. The number of aliphatic hydroxyl groups is 11. The van der Waals surface area contributed by atoms with Gasteiger partial charge in [-0.3, -0.25) is 0 Å². The Morgan fingerprint density at radius 3 is 1.60 bits per heavy atom. The van der Waals surface area contributed by atoms with Crippen molar-refractivity contribution in [2.24, 2.45) is 0 Å². The summed E-state index contributed by atoms with van der Waals surface area (Å²) >= 11 is 0. The van der Waals surface area contributed by atoms with E-state index < -0.39 is 136 Å². The molecule has 4 rings (SSSR count). The summed E-state index contributed by atoms with van der Waals surface area (Å²) in [4.78, 5) is 11.6. The maximum absolute atomic E-state index is 11.6. The summed E-state index contributed by atoms with van der Waals surface area (Å²) in [6.07, 6.45) is -33.5. The van der Waals surface area contributed by atoms with Gasteiger partial charge in [-0.25, -0.2) is 4.79 Å². The maximum Gasteiger partial charge on any atom is 0.335 e. The average Bonchev–Trinajstić information content (AvgIpc) is 3.25. The van der Waals surface area contributed by atoms with Crippen molar-refractivity contribution in [2.75, 3.05) is 13.2 Å². The van der Waals surface area contributed by atoms with Crippen LogP contribution in [0.4, 0.5) is 0 Å². The van der Waals surface area contributed by atoms with E-state index in [1.165, 1.54) is 6.92 Å². The van der Waals surface area contributed by atoms with Crippen LogP contribution >= 0.6 is 0 Å². The van der Waals surface area contributed by atoms with E-state index in [9.17, 15) is 66.1 Å². The van der Waals surface area contributed by atoms with Crippen molar-refractivity contribution in [3.05, 3.63) is 0 Å². The van der Waals surface area contributed by atoms with Crippen LogP contribution in [-0.4, -0.2) is 197 Å². The molecule has 12 N–H and O–H groups in total. The van der Waals surface area contributed by atoms with Crippen LogP contribution in [0.15, 0.2) is 0 Å². The predicted octanol–water partition coefficient (Wildman–Crippen LogP) is -7.99. The molecule has 0 bridgehead atoms. The minimum absolute atomic E-state index is 0.691. The second-order valence-electron chi connectivity index (χ2n) is 10.7. The predicted molar refractivity (Wildman–Crippen MR) is 127 cm³/mol. The quantitative estimate of drug-likeness (QED) is 0.112. The van der Waals surface area contributed by atoms with Gasteiger partial charge in [0.1, 0.15) is 79.4 Å². The lowest BCUT2D eigenvalue weighted by atomic mass is 9.96. The third kappa shape index (κ3) is 6.82. The van der Waals surface area contributed by atoms with Crippen LogP contribution < -0.4 is 0 Å². The lowest BCUT2D eigenvalue weighted by Gasteiger charge is -2.48. The summed E-state index contributed by atoms with van der Waals surface area (Å²) < 4.78 is 37.7. The molecule has 20 heteroatoms. The van der Waals surface area contributed by atoms with Gasteiger partial charge in [-0.15, -0.1) is 0 Å². The van der Waals surface area contributed by atoms with Gasteiger partial charge < -0.3 is 94.4 Å². The molecule has 0 aromatic carbocycles. The van der Waals surface area contributed by atoms with E-state index in [-0.39, 0.29) is 0 Å². The van der Waals surface area contributed by atoms with Gasteiger partial charge >= 0.3 is 5.97 Å². The zero-order valence-electron chi connectivity index (χ0n) is 22.5. The number of hydrogen-bond acceptors (Lipinski definition) is 19. The standard InChI is InChI=1S/C23H38O20/c1-4-7(26)9(28)17(43-21-13(32)8(27)5(2-24)38-21)23(37-4)41-15-6(3-25)39-22(14(33)11(15)30)42-16-10(29)12(31)20(36)40-18(16)19(34)35/h4-18,20-33,36H,2-3H2,1H3,(H,34,35)/t4-,5-,6+,7-,8-,9+,10+,11+,12+,13+,14+,15+,16-,17+,18-,20?,21-,22-,23-/m0/s1. The van der Waals surface area contributed by atoms with E-state index in [1.807, 2.05) is 0 Å². The summed E-state index contributed by atoms with van der Waals surface area (Å²) in [5, 5.41) is 122. The van der Waals surface area contributed by atoms with Gasteiger partial charge in [-0.2, -0.15) is 0 Å². The van der Waals surface area contributed by atoms with Gasteiger partial charge in [-0.05, 0) is 6.92 Å². The van der Waals surface area contributed by atoms with E-state index >= 15 is 0 Å². The lowest BCUT2D eigenvalue weighted by Crippen LogP contribution is -2.67. The molecule has 4 aliphatic rings. The SMILES string of the molecule is C[C@@H]1O[C@@H](O[C@H]2[C@H](O)[C@@H](O)[C@H](O[C@H]3[C@H](O)[C@@H](O)C(O)O[C@@H]3C(=O)O)O[C@@H]2CO)[C@H](O[C@@H]2O[C@@H](CO)[C@H](O)[C@H]2O)[C@H](O)[C@H]1O. The summed E-state index contributed by atoms with van der Waals surface area (Å²) in [5.74, 6) is -1.72. The molecule has 0 aromatic rings. The van der Waals surface area contributed by atoms with Crippen LogP contribution in [0.2, 0.25) is 0 Å². The van der Waals surface area contributed by atoms with Crippen LogP contribution in [0, 0.1) is 0 Å². The Morgan fingerprint density at radius 2 is 1.05 bits per heavy atom. The van der Waals surface area contributed by atoms with Gasteiger partial charge in [0, 0.05) is 0 Å². The van der Waals surface area contributed by atoms with Crippen molar-refractivity contribution in [2.45, 2.75) is 124 Å². The van der Waals surface area contributed by atoms with Crippen LogP contribution in [0.25, 0.3) is 0 Å². The Morgan fingerprint density at radius 1 is 0.558 bits per heavy atom. The smallest absolute Gasteiger partial charge is 0.335 e. The zero-order valence-corrected chi connectivity index (χ0v) is 22.5. The average molecular weight is 635 g/mol. The van der Waals surface area contributed by atoms with Crippen LogP contribution in [0.5, 0.6) is 0 Å². The molecule has 250 valence electrons. The third-order valence-corrected chi connectivity index (χ3v) is 7.78. The number of carboxylic acid groups (broad SMARTS) is 1. The second kappa shape index (κ2) is 14.0. The fraction of sp³-hybridized carbons (Fsp3) is 0.957. The van der Waals surface area contributed by atoms with Gasteiger partial charge in [0.05, 0.1) is 19.3 Å². The molecule has 0 saturated carbocycles. The first-order valence-electron chi connectivity index (χ1n) is 13.4. The van der Waals surface area contributed by atoms with Gasteiger partial charge in [-0.1, -0.05) is 0 Å². The van der Waals surface area contributed by atoms with E-state index in [1.54, 1.807) is 0 Å². The Hall–Kier alpha value is -1.25. The number of hydrogen-bond donors (Lipinski definition) is 12. The molecule has 0 radical (unpaired) electrons. The fourth-order valence-electron chi connectivity index (χ4n) is 5.23. The van der Waals surface area contributed by atoms with Crippen molar-refractivity contribution < 1.29 is 99.2 Å². The molecule has 0 spiro atoms. The Balaban J connectivity index is 1.50. The first-order valence-corrected chi connectivity index (χ1v) is 13.4. The Bertz CT molecular complexity index is 925. The molecule has 0 aromatic heterocycles. The molecule has 1 unspecified atom stereocenters. The Kier molecular flexibility index (Phi) is 11.3. The minimum atomic E-state index is -2.09.